The summed E-state index contributed by atoms with van der Waals surface area (Å²) in [5.41, 5.74) is 5.25. The normalized spacial score (nSPS) is 14.0. The Labute approximate surface area is 320 Å². The number of thioether (sulfide) groups is 1. The molecule has 296 valence electrons. The number of Topliss-reactive ketones (excluding diaryl/α,β-unsaturated/α-hetero) is 1. The number of nitrogens with one attached hydrogen (secondary N) is 1. The largest absolute Gasteiger partial charge is 0.573 e. The first-order valence-corrected chi connectivity index (χ1v) is 19.7. The number of aliphatic imine (C=N–C) groups is 3. The number of amides is 2. The summed E-state index contributed by atoms with van der Waals surface area (Å²) in [7, 11) is 1.79. The summed E-state index contributed by atoms with van der Waals surface area (Å²) in [6.45, 7) is 19.1. The average Bonchev–Trinajstić information content (AvgIpc) is 3.11. The number of nitrogens with zero attached hydrogens (tertiary/aromatic N) is 4. The Morgan fingerprint density at radius 2 is 1.70 bits per heavy atom. The molecule has 2 amide bonds. The molecule has 8 nitrogen and oxygen atoms in total. The first-order chi connectivity index (χ1) is 25.1. The van der Waals surface area contributed by atoms with E-state index < -0.39 is 6.36 Å². The molecule has 1 fully saturated rings. The highest BCUT2D eigenvalue weighted by atomic mass is 32.2. The molecule has 0 saturated carbocycles. The smallest absolute Gasteiger partial charge is 0.406 e. The van der Waals surface area contributed by atoms with Gasteiger partial charge in [-0.2, -0.15) is 4.99 Å². The van der Waals surface area contributed by atoms with Crippen LogP contribution in [-0.4, -0.2) is 72.7 Å². The predicted molar refractivity (Wildman–Crippen MR) is 217 cm³/mol. The van der Waals surface area contributed by atoms with Crippen molar-refractivity contribution in [2.75, 3.05) is 32.4 Å². The lowest BCUT2D eigenvalue weighted by Crippen LogP contribution is -2.38. The van der Waals surface area contributed by atoms with Crippen LogP contribution in [0.5, 0.6) is 5.75 Å². The molecular formula is C41H62F3N5O3S. The zero-order valence-electron chi connectivity index (χ0n) is 33.3. The third kappa shape index (κ3) is 21.6. The third-order valence-electron chi connectivity index (χ3n) is 8.41. The highest BCUT2D eigenvalue weighted by molar-refractivity contribution is 8.14. The standard InChI is InChI=1S/C21H37N5O2S.C12H18.C8H7F3O/c1-5-7-12-23-20(22-4)26-14-10-18(11-15-26)9-13-24-21(28)25-17(3)29-16-19(27)8-6-2;1-5-11-7-6-10(4)12(8-11)9(2)3;1-6-2-4-7(5-3-6)12-8(9,10)11/h12,18H,5-11,13-16H2,1-4H3,(H,24,28);6-9H,5H2,1-4H3;2-5H,1H3/b22-20?,23-12-,25-17-;;. The average molecular weight is 762 g/mol. The van der Waals surface area contributed by atoms with Gasteiger partial charge in [0.2, 0.25) is 5.96 Å². The summed E-state index contributed by atoms with van der Waals surface area (Å²) in [6.07, 6.45) is 5.10. The van der Waals surface area contributed by atoms with Crippen LogP contribution in [0.4, 0.5) is 18.0 Å². The van der Waals surface area contributed by atoms with Gasteiger partial charge in [0.25, 0.3) is 0 Å². The summed E-state index contributed by atoms with van der Waals surface area (Å²) in [5, 5.41) is 3.50. The number of guanidine groups is 1. The van der Waals surface area contributed by atoms with Crippen molar-refractivity contribution < 1.29 is 27.5 Å². The lowest BCUT2D eigenvalue weighted by Gasteiger charge is -2.32. The van der Waals surface area contributed by atoms with Crippen LogP contribution in [-0.2, 0) is 11.2 Å². The number of carbonyl (C=O) groups excluding carboxylic acids is 2. The Hall–Kier alpha value is -3.67. The number of urea groups is 1. The van der Waals surface area contributed by atoms with Crippen LogP contribution in [0.25, 0.3) is 0 Å². The van der Waals surface area contributed by atoms with E-state index in [2.05, 4.69) is 82.7 Å². The van der Waals surface area contributed by atoms with E-state index >= 15 is 0 Å². The number of piperidine rings is 1. The summed E-state index contributed by atoms with van der Waals surface area (Å²) in [6, 6.07) is 12.1. The molecule has 1 N–H and O–H groups in total. The zero-order valence-corrected chi connectivity index (χ0v) is 34.1. The van der Waals surface area contributed by atoms with Crippen LogP contribution in [0.2, 0.25) is 0 Å². The number of ketones is 1. The summed E-state index contributed by atoms with van der Waals surface area (Å²) in [4.78, 5) is 38.5. The van der Waals surface area contributed by atoms with Gasteiger partial charge in [0, 0.05) is 39.3 Å². The van der Waals surface area contributed by atoms with Crippen LogP contribution >= 0.6 is 11.8 Å². The highest BCUT2D eigenvalue weighted by Gasteiger charge is 2.30. The van der Waals surface area contributed by atoms with Gasteiger partial charge in [0.15, 0.2) is 0 Å². The predicted octanol–water partition coefficient (Wildman–Crippen LogP) is 10.8. The quantitative estimate of drug-likeness (QED) is 0.172. The zero-order chi connectivity index (χ0) is 39.8. The Bertz CT molecular complexity index is 1450. The molecule has 12 heteroatoms. The molecule has 53 heavy (non-hydrogen) atoms. The number of aryl methyl sites for hydroxylation is 3. The van der Waals surface area contributed by atoms with Gasteiger partial charge in [-0.3, -0.25) is 9.79 Å². The molecule has 1 aliphatic heterocycles. The van der Waals surface area contributed by atoms with Crippen LogP contribution in [0.15, 0.2) is 57.4 Å². The molecule has 2 aromatic carbocycles. The number of hydrogen-bond acceptors (Lipinski definition) is 5. The molecule has 1 saturated heterocycles. The number of alkyl halides is 3. The number of unbranched alkanes of at least 4 members (excludes halogenated alkanes) is 1. The fourth-order valence-corrected chi connectivity index (χ4v) is 6.05. The number of halogens is 3. The second-order valence-electron chi connectivity index (χ2n) is 13.3. The summed E-state index contributed by atoms with van der Waals surface area (Å²) in [5.74, 6) is 2.47. The minimum absolute atomic E-state index is 0.187. The lowest BCUT2D eigenvalue weighted by molar-refractivity contribution is -0.274. The van der Waals surface area contributed by atoms with E-state index in [0.29, 0.717) is 35.6 Å². The number of benzene rings is 2. The van der Waals surface area contributed by atoms with E-state index in [0.717, 1.165) is 69.6 Å². The molecule has 3 rings (SSSR count). The molecule has 0 spiro atoms. The van der Waals surface area contributed by atoms with Crippen molar-refractivity contribution in [3.05, 3.63) is 64.7 Å². The molecule has 0 radical (unpaired) electrons. The molecule has 0 bridgehead atoms. The van der Waals surface area contributed by atoms with Gasteiger partial charge in [0.1, 0.15) is 11.5 Å². The van der Waals surface area contributed by atoms with Crippen molar-refractivity contribution >= 4 is 40.8 Å². The number of hydrogen-bond donors (Lipinski definition) is 1. The van der Waals surface area contributed by atoms with Gasteiger partial charge >= 0.3 is 12.4 Å². The van der Waals surface area contributed by atoms with E-state index in [9.17, 15) is 22.8 Å². The second-order valence-corrected chi connectivity index (χ2v) is 14.5. The van der Waals surface area contributed by atoms with Crippen molar-refractivity contribution in [2.45, 2.75) is 119 Å². The molecule has 0 atom stereocenters. The molecular weight excluding hydrogens is 700 g/mol. The van der Waals surface area contributed by atoms with Crippen LogP contribution in [0.3, 0.4) is 0 Å². The lowest BCUT2D eigenvalue weighted by atomic mass is 9.94. The maximum atomic E-state index is 11.9. The van der Waals surface area contributed by atoms with Gasteiger partial charge in [-0.05, 0) is 100.0 Å². The minimum atomic E-state index is -4.60. The number of ether oxygens (including phenoxy) is 1. The SMILES string of the molecule is CCC/C=N\C(=NC)N1CCC(CCNC(=O)/N=C(/C)SCC(=O)CCC)CC1.CCc1ccc(C)c(C(C)C)c1.Cc1ccc(OC(F)(F)F)cc1. The first kappa shape index (κ1) is 47.4. The maximum Gasteiger partial charge on any atom is 0.573 e. The van der Waals surface area contributed by atoms with E-state index in [1.54, 1.807) is 33.0 Å². The second kappa shape index (κ2) is 26.2. The molecule has 0 aliphatic carbocycles. The Morgan fingerprint density at radius 3 is 2.25 bits per heavy atom. The molecule has 0 aromatic heterocycles. The van der Waals surface area contributed by atoms with Gasteiger partial charge < -0.3 is 15.0 Å². The number of carbonyl (C=O) groups is 2. The van der Waals surface area contributed by atoms with E-state index in [1.807, 2.05) is 13.1 Å². The highest BCUT2D eigenvalue weighted by Crippen LogP contribution is 2.23. The third-order valence-corrected chi connectivity index (χ3v) is 9.38. The van der Waals surface area contributed by atoms with E-state index in [4.69, 9.17) is 0 Å². The van der Waals surface area contributed by atoms with Gasteiger partial charge in [-0.25, -0.2) is 9.79 Å². The summed E-state index contributed by atoms with van der Waals surface area (Å²) < 4.78 is 38.5. The van der Waals surface area contributed by atoms with Crippen LogP contribution in [0.1, 0.15) is 115 Å². The van der Waals surface area contributed by atoms with Gasteiger partial charge in [0.05, 0.1) is 10.8 Å². The molecule has 0 unspecified atom stereocenters. The Balaban J connectivity index is 0.000000475. The van der Waals surface area contributed by atoms with Gasteiger partial charge in [-0.1, -0.05) is 76.9 Å². The van der Waals surface area contributed by atoms with Crippen molar-refractivity contribution in [3.63, 3.8) is 0 Å². The minimum Gasteiger partial charge on any atom is -0.406 e. The van der Waals surface area contributed by atoms with Gasteiger partial charge in [-0.15, -0.1) is 24.9 Å². The number of likely N-dealkylation sites (tertiary alicyclic amines) is 1. The van der Waals surface area contributed by atoms with Crippen LogP contribution in [0, 0.1) is 19.8 Å². The first-order valence-electron chi connectivity index (χ1n) is 18.8. The van der Waals surface area contributed by atoms with E-state index in [-0.39, 0.29) is 17.6 Å². The monoisotopic (exact) mass is 761 g/mol. The van der Waals surface area contributed by atoms with Crippen molar-refractivity contribution in [1.29, 1.82) is 0 Å². The van der Waals surface area contributed by atoms with Crippen molar-refractivity contribution in [2.24, 2.45) is 20.9 Å². The Kier molecular flexibility index (Phi) is 23.4. The Morgan fingerprint density at radius 1 is 1.04 bits per heavy atom. The van der Waals surface area contributed by atoms with Crippen LogP contribution < -0.4 is 10.1 Å². The maximum absolute atomic E-state index is 11.9. The van der Waals surface area contributed by atoms with E-state index in [1.165, 1.54) is 40.6 Å². The molecule has 1 aliphatic rings. The molecule has 1 heterocycles. The number of rotatable bonds is 12. The topological polar surface area (TPSA) is 95.7 Å². The van der Waals surface area contributed by atoms with Crippen molar-refractivity contribution in [1.82, 2.24) is 10.2 Å². The van der Waals surface area contributed by atoms with Crippen molar-refractivity contribution in [3.8, 4) is 5.75 Å². The molecule has 2 aromatic rings. The fraction of sp³-hybridized carbons (Fsp3) is 0.585. The summed E-state index contributed by atoms with van der Waals surface area (Å²) >= 11 is 1.34. The fourth-order valence-electron chi connectivity index (χ4n) is 5.38.